The maximum absolute atomic E-state index is 12.7. The predicted molar refractivity (Wildman–Crippen MR) is 80.9 cm³/mol. The van der Waals surface area contributed by atoms with Gasteiger partial charge in [0.15, 0.2) is 0 Å². The number of carbonyl (C=O) groups is 1. The Bertz CT molecular complexity index is 636. The minimum atomic E-state index is -0.276. The fraction of sp³-hybridized carbons (Fsp3) is 0.200. The number of ether oxygens (including phenoxy) is 2. The Hall–Kier alpha value is -2.76. The zero-order valence-corrected chi connectivity index (χ0v) is 12.2. The number of carbonyl (C=O) groups excluding carboxylic acids is 1. The number of anilines is 2. The van der Waals surface area contributed by atoms with Crippen molar-refractivity contribution < 1.29 is 14.3 Å². The smallest absolute Gasteiger partial charge is 0.265 e. The summed E-state index contributed by atoms with van der Waals surface area (Å²) in [5.41, 5.74) is 7.20. The average molecular weight is 287 g/mol. The maximum Gasteiger partial charge on any atom is 0.265 e. The summed E-state index contributed by atoms with van der Waals surface area (Å²) in [4.78, 5) is 18.1. The van der Waals surface area contributed by atoms with Gasteiger partial charge in [-0.1, -0.05) is 6.07 Å². The predicted octanol–water partition coefficient (Wildman–Crippen LogP) is 1.96. The Labute approximate surface area is 123 Å². The molecule has 0 saturated carbocycles. The van der Waals surface area contributed by atoms with Gasteiger partial charge in [0.2, 0.25) is 0 Å². The molecular formula is C15H17N3O3. The molecule has 0 aliphatic rings. The van der Waals surface area contributed by atoms with Crippen LogP contribution in [0.5, 0.6) is 11.5 Å². The molecule has 6 nitrogen and oxygen atoms in total. The molecule has 0 bridgehead atoms. The lowest BCUT2D eigenvalue weighted by Crippen LogP contribution is -2.28. The molecule has 1 amide bonds. The highest BCUT2D eigenvalue weighted by molar-refractivity contribution is 6.10. The molecule has 21 heavy (non-hydrogen) atoms. The van der Waals surface area contributed by atoms with Gasteiger partial charge in [-0.2, -0.15) is 0 Å². The lowest BCUT2D eigenvalue weighted by molar-refractivity contribution is 0.0987. The molecule has 0 aliphatic heterocycles. The standard InChI is InChI=1S/C15H17N3O3/c1-18(11-7-8-17-9-10(11)16)15(19)14-12(20-2)5-4-6-13(14)21-3/h4-9H,16H2,1-3H3. The van der Waals surface area contributed by atoms with E-state index in [4.69, 9.17) is 15.2 Å². The zero-order chi connectivity index (χ0) is 15.4. The van der Waals surface area contributed by atoms with Gasteiger partial charge in [0, 0.05) is 13.2 Å². The second kappa shape index (κ2) is 6.13. The summed E-state index contributed by atoms with van der Waals surface area (Å²) in [5.74, 6) is 0.611. The summed E-state index contributed by atoms with van der Waals surface area (Å²) in [5, 5.41) is 0. The van der Waals surface area contributed by atoms with Crippen LogP contribution in [-0.4, -0.2) is 32.2 Å². The molecule has 6 heteroatoms. The van der Waals surface area contributed by atoms with Crippen molar-refractivity contribution in [3.63, 3.8) is 0 Å². The average Bonchev–Trinajstić information content (AvgIpc) is 2.53. The fourth-order valence-electron chi connectivity index (χ4n) is 2.04. The van der Waals surface area contributed by atoms with Crippen molar-refractivity contribution in [2.75, 3.05) is 31.9 Å². The molecule has 1 aromatic carbocycles. The van der Waals surface area contributed by atoms with E-state index in [-0.39, 0.29) is 5.91 Å². The van der Waals surface area contributed by atoms with Crippen molar-refractivity contribution in [1.82, 2.24) is 4.98 Å². The first kappa shape index (κ1) is 14.6. The van der Waals surface area contributed by atoms with Gasteiger partial charge in [-0.05, 0) is 18.2 Å². The van der Waals surface area contributed by atoms with E-state index in [2.05, 4.69) is 4.98 Å². The van der Waals surface area contributed by atoms with Gasteiger partial charge in [-0.25, -0.2) is 0 Å². The molecule has 110 valence electrons. The number of amides is 1. The van der Waals surface area contributed by atoms with Crippen LogP contribution in [0, 0.1) is 0 Å². The lowest BCUT2D eigenvalue weighted by Gasteiger charge is -2.21. The number of hydrogen-bond acceptors (Lipinski definition) is 5. The van der Waals surface area contributed by atoms with E-state index in [1.54, 1.807) is 37.5 Å². The highest BCUT2D eigenvalue weighted by Crippen LogP contribution is 2.31. The lowest BCUT2D eigenvalue weighted by atomic mass is 10.1. The van der Waals surface area contributed by atoms with Crippen LogP contribution in [-0.2, 0) is 0 Å². The quantitative estimate of drug-likeness (QED) is 0.930. The molecule has 2 N–H and O–H groups in total. The molecule has 2 aromatic rings. The van der Waals surface area contributed by atoms with Crippen LogP contribution in [0.4, 0.5) is 11.4 Å². The van der Waals surface area contributed by atoms with E-state index >= 15 is 0 Å². The van der Waals surface area contributed by atoms with Crippen LogP contribution >= 0.6 is 0 Å². The van der Waals surface area contributed by atoms with Gasteiger partial charge in [-0.15, -0.1) is 0 Å². The monoisotopic (exact) mass is 287 g/mol. The third-order valence-corrected chi connectivity index (χ3v) is 3.14. The van der Waals surface area contributed by atoms with Crippen LogP contribution in [0.2, 0.25) is 0 Å². The van der Waals surface area contributed by atoms with Crippen molar-refractivity contribution in [1.29, 1.82) is 0 Å². The number of nitrogens with two attached hydrogens (primary N) is 1. The molecular weight excluding hydrogens is 270 g/mol. The maximum atomic E-state index is 12.7. The van der Waals surface area contributed by atoms with Crippen LogP contribution in [0.1, 0.15) is 10.4 Å². The van der Waals surface area contributed by atoms with Gasteiger partial charge in [-0.3, -0.25) is 9.78 Å². The molecule has 1 aromatic heterocycles. The van der Waals surface area contributed by atoms with E-state index in [0.29, 0.717) is 28.4 Å². The van der Waals surface area contributed by atoms with Crippen molar-refractivity contribution in [3.05, 3.63) is 42.2 Å². The molecule has 0 saturated heterocycles. The van der Waals surface area contributed by atoms with E-state index in [1.165, 1.54) is 25.3 Å². The first-order valence-electron chi connectivity index (χ1n) is 6.28. The number of aromatic nitrogens is 1. The minimum Gasteiger partial charge on any atom is -0.496 e. The van der Waals surface area contributed by atoms with Crippen LogP contribution < -0.4 is 20.1 Å². The number of rotatable bonds is 4. The van der Waals surface area contributed by atoms with Crippen LogP contribution in [0.3, 0.4) is 0 Å². The second-order valence-electron chi connectivity index (χ2n) is 4.34. The summed E-state index contributed by atoms with van der Waals surface area (Å²) in [6.45, 7) is 0. The third kappa shape index (κ3) is 2.74. The van der Waals surface area contributed by atoms with Gasteiger partial charge in [0.25, 0.3) is 5.91 Å². The van der Waals surface area contributed by atoms with E-state index < -0.39 is 0 Å². The van der Waals surface area contributed by atoms with E-state index in [9.17, 15) is 4.79 Å². The Balaban J connectivity index is 2.47. The molecule has 0 radical (unpaired) electrons. The van der Waals surface area contributed by atoms with Crippen molar-refractivity contribution in [2.24, 2.45) is 0 Å². The first-order chi connectivity index (χ1) is 10.1. The number of hydrogen-bond donors (Lipinski definition) is 1. The number of nitrogens with zero attached hydrogens (tertiary/aromatic N) is 2. The Morgan fingerprint density at radius 1 is 1.19 bits per heavy atom. The Kier molecular flexibility index (Phi) is 4.27. The second-order valence-corrected chi connectivity index (χ2v) is 4.34. The van der Waals surface area contributed by atoms with Crippen molar-refractivity contribution in [3.8, 4) is 11.5 Å². The zero-order valence-electron chi connectivity index (χ0n) is 12.2. The van der Waals surface area contributed by atoms with Gasteiger partial charge >= 0.3 is 0 Å². The largest absolute Gasteiger partial charge is 0.496 e. The number of methoxy groups -OCH3 is 2. The number of pyridine rings is 1. The number of benzene rings is 1. The van der Waals surface area contributed by atoms with E-state index in [0.717, 1.165) is 0 Å². The number of nitrogen functional groups attached to an aromatic ring is 1. The molecule has 0 spiro atoms. The minimum absolute atomic E-state index is 0.276. The fourth-order valence-corrected chi connectivity index (χ4v) is 2.04. The summed E-state index contributed by atoms with van der Waals surface area (Å²) in [6.07, 6.45) is 3.08. The Morgan fingerprint density at radius 3 is 2.33 bits per heavy atom. The van der Waals surface area contributed by atoms with Crippen molar-refractivity contribution in [2.45, 2.75) is 0 Å². The topological polar surface area (TPSA) is 77.7 Å². The molecule has 0 atom stereocenters. The first-order valence-corrected chi connectivity index (χ1v) is 6.28. The van der Waals surface area contributed by atoms with E-state index in [1.807, 2.05) is 0 Å². The summed E-state index contributed by atoms with van der Waals surface area (Å²) >= 11 is 0. The van der Waals surface area contributed by atoms with Gasteiger partial charge in [0.05, 0.1) is 31.8 Å². The molecule has 0 aliphatic carbocycles. The Morgan fingerprint density at radius 2 is 1.81 bits per heavy atom. The molecule has 1 heterocycles. The third-order valence-electron chi connectivity index (χ3n) is 3.14. The molecule has 0 fully saturated rings. The molecule has 2 rings (SSSR count). The normalized spacial score (nSPS) is 10.0. The highest BCUT2D eigenvalue weighted by atomic mass is 16.5. The summed E-state index contributed by atoms with van der Waals surface area (Å²) in [6, 6.07) is 6.85. The van der Waals surface area contributed by atoms with Crippen LogP contribution in [0.25, 0.3) is 0 Å². The van der Waals surface area contributed by atoms with Crippen molar-refractivity contribution >= 4 is 17.3 Å². The van der Waals surface area contributed by atoms with Gasteiger partial charge in [0.1, 0.15) is 17.1 Å². The highest BCUT2D eigenvalue weighted by Gasteiger charge is 2.23. The van der Waals surface area contributed by atoms with Gasteiger partial charge < -0.3 is 20.1 Å². The summed E-state index contributed by atoms with van der Waals surface area (Å²) < 4.78 is 10.5. The molecule has 0 unspecified atom stereocenters. The van der Waals surface area contributed by atoms with Crippen LogP contribution in [0.15, 0.2) is 36.7 Å². The summed E-state index contributed by atoms with van der Waals surface area (Å²) in [7, 11) is 4.65. The SMILES string of the molecule is COc1cccc(OC)c1C(=O)N(C)c1ccncc1N.